The number of rotatable bonds is 11. The maximum atomic E-state index is 5.60. The van der Waals surface area contributed by atoms with Crippen molar-refractivity contribution in [2.45, 2.75) is 97.8 Å². The van der Waals surface area contributed by atoms with Crippen LogP contribution in [0.2, 0.25) is 0 Å². The first-order valence-corrected chi connectivity index (χ1v) is 8.42. The summed E-state index contributed by atoms with van der Waals surface area (Å²) in [5.74, 6) is 0.844. The lowest BCUT2D eigenvalue weighted by Gasteiger charge is -2.00. The molecule has 0 amide bonds. The van der Waals surface area contributed by atoms with Crippen LogP contribution in [0.1, 0.15) is 97.8 Å². The molecule has 0 aromatic rings. The molecule has 0 aliphatic rings. The molecule has 0 aromatic heterocycles. The second kappa shape index (κ2) is 25.9. The van der Waals surface area contributed by atoms with Crippen LogP contribution in [0.3, 0.4) is 0 Å². The lowest BCUT2D eigenvalue weighted by molar-refractivity contribution is 0.563. The highest BCUT2D eigenvalue weighted by atomic mass is 35.5. The zero-order valence-electron chi connectivity index (χ0n) is 13.3. The van der Waals surface area contributed by atoms with E-state index in [2.05, 4.69) is 20.8 Å². The van der Waals surface area contributed by atoms with E-state index in [-0.39, 0.29) is 6.15 Å². The summed E-state index contributed by atoms with van der Waals surface area (Å²) in [7, 11) is 0. The minimum atomic E-state index is 0. The molecule has 0 radical (unpaired) electrons. The van der Waals surface area contributed by atoms with E-state index in [4.69, 9.17) is 11.6 Å². The fourth-order valence-corrected chi connectivity index (χ4v) is 1.77. The molecule has 0 aromatic carbocycles. The lowest BCUT2D eigenvalue weighted by Crippen LogP contribution is -1.81. The van der Waals surface area contributed by atoms with E-state index in [1.807, 2.05) is 0 Å². The van der Waals surface area contributed by atoms with E-state index in [9.17, 15) is 0 Å². The fourth-order valence-electron chi connectivity index (χ4n) is 1.58. The molecule has 0 spiro atoms. The van der Waals surface area contributed by atoms with E-state index in [1.165, 1.54) is 77.0 Å². The molecule has 0 aliphatic heterocycles. The normalized spacial score (nSPS) is 9.33. The quantitative estimate of drug-likeness (QED) is 0.317. The predicted molar refractivity (Wildman–Crippen MR) is 88.2 cm³/mol. The molecule has 3 N–H and O–H groups in total. The van der Waals surface area contributed by atoms with Gasteiger partial charge >= 0.3 is 0 Å². The molecule has 0 heterocycles. The van der Waals surface area contributed by atoms with Gasteiger partial charge in [0.1, 0.15) is 0 Å². The summed E-state index contributed by atoms with van der Waals surface area (Å²) in [5.41, 5.74) is 0. The van der Waals surface area contributed by atoms with E-state index in [1.54, 1.807) is 0 Å². The molecule has 0 rings (SSSR count). The van der Waals surface area contributed by atoms with Gasteiger partial charge in [-0.2, -0.15) is 0 Å². The van der Waals surface area contributed by atoms with Crippen LogP contribution < -0.4 is 6.15 Å². The average Bonchev–Trinajstić information content (AvgIpc) is 2.37. The second-order valence-corrected chi connectivity index (χ2v) is 5.25. The van der Waals surface area contributed by atoms with Gasteiger partial charge in [-0.3, -0.25) is 0 Å². The van der Waals surface area contributed by atoms with Gasteiger partial charge in [0.2, 0.25) is 0 Å². The molecular formula is C16H38ClN. The molecule has 0 fully saturated rings. The van der Waals surface area contributed by atoms with E-state index in [0.29, 0.717) is 0 Å². The molecule has 0 saturated heterocycles. The Kier molecular flexibility index (Phi) is 33.7. The van der Waals surface area contributed by atoms with Crippen molar-refractivity contribution in [1.29, 1.82) is 0 Å². The third-order valence-corrected chi connectivity index (χ3v) is 3.25. The number of hydrogen-bond acceptors (Lipinski definition) is 1. The molecule has 0 saturated carbocycles. The van der Waals surface area contributed by atoms with Crippen LogP contribution in [-0.2, 0) is 0 Å². The molecule has 114 valence electrons. The predicted octanol–water partition coefficient (Wildman–Crippen LogP) is 7.11. The van der Waals surface area contributed by atoms with Crippen LogP contribution in [-0.4, -0.2) is 5.88 Å². The SMILES string of the molecule is CCCC.CCCCCCCCCCCCCl.N. The molecule has 0 atom stereocenters. The number of unbranched alkanes of at least 4 members (excludes halogenated alkanes) is 10. The summed E-state index contributed by atoms with van der Waals surface area (Å²) >= 11 is 5.60. The second-order valence-electron chi connectivity index (χ2n) is 4.87. The van der Waals surface area contributed by atoms with E-state index < -0.39 is 0 Å². The summed E-state index contributed by atoms with van der Waals surface area (Å²) in [6, 6.07) is 0. The van der Waals surface area contributed by atoms with E-state index in [0.717, 1.165) is 5.88 Å². The molecule has 0 aliphatic carbocycles. The summed E-state index contributed by atoms with van der Waals surface area (Å²) in [6.07, 6.45) is 16.5. The number of halogens is 1. The Morgan fingerprint density at radius 2 is 0.833 bits per heavy atom. The Morgan fingerprint density at radius 1 is 0.500 bits per heavy atom. The van der Waals surface area contributed by atoms with Crippen molar-refractivity contribution in [2.75, 3.05) is 5.88 Å². The van der Waals surface area contributed by atoms with E-state index >= 15 is 0 Å². The summed E-state index contributed by atoms with van der Waals surface area (Å²) in [5, 5.41) is 0. The molecule has 0 unspecified atom stereocenters. The maximum absolute atomic E-state index is 5.60. The third kappa shape index (κ3) is 29.9. The monoisotopic (exact) mass is 279 g/mol. The van der Waals surface area contributed by atoms with Crippen LogP contribution in [0.25, 0.3) is 0 Å². The van der Waals surface area contributed by atoms with Crippen molar-refractivity contribution in [3.05, 3.63) is 0 Å². The first kappa shape index (κ1) is 23.4. The average molecular weight is 280 g/mol. The Labute approximate surface area is 122 Å². The van der Waals surface area contributed by atoms with Gasteiger partial charge in [0, 0.05) is 5.88 Å². The maximum Gasteiger partial charge on any atom is 0.0223 e. The van der Waals surface area contributed by atoms with Gasteiger partial charge in [0.05, 0.1) is 0 Å². The van der Waals surface area contributed by atoms with Crippen LogP contribution in [0.15, 0.2) is 0 Å². The Hall–Kier alpha value is 0.250. The third-order valence-electron chi connectivity index (χ3n) is 2.99. The van der Waals surface area contributed by atoms with Gasteiger partial charge in [-0.15, -0.1) is 11.6 Å². The number of alkyl halides is 1. The molecule has 18 heavy (non-hydrogen) atoms. The topological polar surface area (TPSA) is 35.0 Å². The minimum Gasteiger partial charge on any atom is -0.344 e. The van der Waals surface area contributed by atoms with Gasteiger partial charge in [-0.1, -0.05) is 91.4 Å². The molecule has 1 nitrogen and oxygen atoms in total. The fraction of sp³-hybridized carbons (Fsp3) is 1.00. The summed E-state index contributed by atoms with van der Waals surface area (Å²) in [4.78, 5) is 0. The van der Waals surface area contributed by atoms with Crippen molar-refractivity contribution in [3.63, 3.8) is 0 Å². The molecular weight excluding hydrogens is 242 g/mol. The van der Waals surface area contributed by atoms with Gasteiger partial charge in [-0.05, 0) is 6.42 Å². The van der Waals surface area contributed by atoms with Gasteiger partial charge < -0.3 is 6.15 Å². The summed E-state index contributed by atoms with van der Waals surface area (Å²) < 4.78 is 0. The van der Waals surface area contributed by atoms with Gasteiger partial charge in [0.25, 0.3) is 0 Å². The first-order chi connectivity index (χ1) is 8.33. The Balaban J connectivity index is -0.000000392. The van der Waals surface area contributed by atoms with Crippen LogP contribution in [0, 0.1) is 0 Å². The highest BCUT2D eigenvalue weighted by Gasteiger charge is 1.91. The van der Waals surface area contributed by atoms with Gasteiger partial charge in [0.15, 0.2) is 0 Å². The summed E-state index contributed by atoms with van der Waals surface area (Å²) in [6.45, 7) is 6.63. The minimum absolute atomic E-state index is 0. The highest BCUT2D eigenvalue weighted by molar-refractivity contribution is 6.17. The first-order valence-electron chi connectivity index (χ1n) is 7.89. The van der Waals surface area contributed by atoms with Crippen LogP contribution in [0.5, 0.6) is 0 Å². The molecule has 2 heteroatoms. The molecule has 0 bridgehead atoms. The van der Waals surface area contributed by atoms with Crippen LogP contribution in [0.4, 0.5) is 0 Å². The number of hydrogen-bond donors (Lipinski definition) is 1. The lowest BCUT2D eigenvalue weighted by atomic mass is 10.1. The van der Waals surface area contributed by atoms with Crippen molar-refractivity contribution in [3.8, 4) is 0 Å². The smallest absolute Gasteiger partial charge is 0.0223 e. The van der Waals surface area contributed by atoms with Crippen molar-refractivity contribution in [2.24, 2.45) is 0 Å². The van der Waals surface area contributed by atoms with Crippen molar-refractivity contribution >= 4 is 11.6 Å². The Bertz CT molecular complexity index is 95.3. The van der Waals surface area contributed by atoms with Crippen molar-refractivity contribution < 1.29 is 0 Å². The zero-order chi connectivity index (χ0) is 13.2. The standard InChI is InChI=1S/C12H25Cl.C4H10.H3N/c1-2-3-4-5-6-7-8-9-10-11-12-13;1-3-4-2;/h2-12H2,1H3;3-4H2,1-2H3;1H3. The Morgan fingerprint density at radius 3 is 1.11 bits per heavy atom. The van der Waals surface area contributed by atoms with Gasteiger partial charge in [-0.25, -0.2) is 0 Å². The highest BCUT2D eigenvalue weighted by Crippen LogP contribution is 2.10. The zero-order valence-corrected chi connectivity index (χ0v) is 14.0. The largest absolute Gasteiger partial charge is 0.344 e. The van der Waals surface area contributed by atoms with Crippen LogP contribution >= 0.6 is 11.6 Å². The van der Waals surface area contributed by atoms with Crippen molar-refractivity contribution in [1.82, 2.24) is 6.15 Å².